The molecule has 0 radical (unpaired) electrons. The van der Waals surface area contributed by atoms with Crippen LogP contribution in [-0.2, 0) is 15.8 Å². The molecule has 3 rings (SSSR count). The number of nitrogens with zero attached hydrogens (tertiary/aromatic N) is 1. The Bertz CT molecular complexity index is 1270. The second-order valence-corrected chi connectivity index (χ2v) is 9.45. The molecule has 0 fully saturated rings. The smallest absolute Gasteiger partial charge is 0.416 e. The molecule has 2 amide bonds. The number of aromatic hydroxyl groups is 1. The molecule has 10 nitrogen and oxygen atoms in total. The fraction of sp³-hybridized carbons (Fsp3) is 0.304. The van der Waals surface area contributed by atoms with Crippen LogP contribution in [0, 0.1) is 0 Å². The van der Waals surface area contributed by atoms with Crippen molar-refractivity contribution in [3.63, 3.8) is 0 Å². The molecular formula is C23H22BrClF3N5O5. The summed E-state index contributed by atoms with van der Waals surface area (Å²) in [4.78, 5) is 40.6. The predicted octanol–water partition coefficient (Wildman–Crippen LogP) is 3.65. The van der Waals surface area contributed by atoms with E-state index >= 15 is 0 Å². The summed E-state index contributed by atoms with van der Waals surface area (Å²) in [6.45, 7) is 0.383. The van der Waals surface area contributed by atoms with Gasteiger partial charge in [-0.2, -0.15) is 13.2 Å². The highest BCUT2D eigenvalue weighted by atomic mass is 79.9. The molecule has 2 aromatic rings. The number of rotatable bonds is 8. The molecule has 0 saturated carbocycles. The summed E-state index contributed by atoms with van der Waals surface area (Å²) < 4.78 is 40.5. The van der Waals surface area contributed by atoms with E-state index in [1.807, 2.05) is 0 Å². The number of phenols is 1. The van der Waals surface area contributed by atoms with Gasteiger partial charge in [-0.1, -0.05) is 11.6 Å². The highest BCUT2D eigenvalue weighted by Crippen LogP contribution is 2.36. The zero-order valence-electron chi connectivity index (χ0n) is 19.5. The Labute approximate surface area is 227 Å². The second-order valence-electron chi connectivity index (χ2n) is 8.16. The molecule has 1 heterocycles. The van der Waals surface area contributed by atoms with Crippen molar-refractivity contribution < 1.29 is 37.8 Å². The van der Waals surface area contributed by atoms with Crippen LogP contribution in [0.5, 0.6) is 5.75 Å². The van der Waals surface area contributed by atoms with Gasteiger partial charge in [0.25, 0.3) is 5.91 Å². The summed E-state index contributed by atoms with van der Waals surface area (Å²) in [6, 6.07) is 4.07. The van der Waals surface area contributed by atoms with Crippen LogP contribution in [0.3, 0.4) is 0 Å². The maximum atomic E-state index is 13.5. The molecule has 204 valence electrons. The molecule has 6 N–H and O–H groups in total. The molecule has 1 aliphatic heterocycles. The number of aliphatic carboxylic acids is 1. The highest BCUT2D eigenvalue weighted by Gasteiger charge is 2.32. The minimum atomic E-state index is -4.75. The van der Waals surface area contributed by atoms with E-state index in [1.165, 1.54) is 18.2 Å². The molecule has 0 saturated heterocycles. The van der Waals surface area contributed by atoms with Crippen LogP contribution in [0.15, 0.2) is 39.8 Å². The van der Waals surface area contributed by atoms with Crippen molar-refractivity contribution in [1.82, 2.24) is 16.0 Å². The maximum Gasteiger partial charge on any atom is 0.416 e. The average molecular weight is 621 g/mol. The number of aliphatic imine (C=N–C) groups is 1. The van der Waals surface area contributed by atoms with Crippen LogP contribution in [0.2, 0.25) is 5.02 Å². The largest absolute Gasteiger partial charge is 0.506 e. The fourth-order valence-corrected chi connectivity index (χ4v) is 4.35. The third-order valence-corrected chi connectivity index (χ3v) is 6.06. The van der Waals surface area contributed by atoms with Gasteiger partial charge in [0.05, 0.1) is 29.0 Å². The number of carbonyl (C=O) groups is 3. The number of benzene rings is 2. The topological polar surface area (TPSA) is 152 Å². The molecule has 0 aliphatic carbocycles. The summed E-state index contributed by atoms with van der Waals surface area (Å²) in [5.74, 6) is -3.20. The van der Waals surface area contributed by atoms with E-state index in [1.54, 1.807) is 0 Å². The number of amides is 2. The number of hydrogen-bond acceptors (Lipinski definition) is 7. The van der Waals surface area contributed by atoms with Gasteiger partial charge in [-0.05, 0) is 52.7 Å². The quantitative estimate of drug-likeness (QED) is 0.264. The van der Waals surface area contributed by atoms with Gasteiger partial charge in [0.1, 0.15) is 5.75 Å². The minimum absolute atomic E-state index is 0.0132. The molecule has 1 atom stereocenters. The molecule has 2 aromatic carbocycles. The first-order chi connectivity index (χ1) is 17.8. The molecule has 0 aromatic heterocycles. The second kappa shape index (κ2) is 12.3. The molecule has 15 heteroatoms. The van der Waals surface area contributed by atoms with Gasteiger partial charge in [0, 0.05) is 34.9 Å². The van der Waals surface area contributed by atoms with Crippen molar-refractivity contribution in [1.29, 1.82) is 0 Å². The van der Waals surface area contributed by atoms with Gasteiger partial charge >= 0.3 is 12.1 Å². The summed E-state index contributed by atoms with van der Waals surface area (Å²) >= 11 is 9.06. The Morgan fingerprint density at radius 2 is 1.92 bits per heavy atom. The number of anilines is 1. The summed E-state index contributed by atoms with van der Waals surface area (Å²) in [6.07, 6.45) is -4.60. The molecule has 1 aliphatic rings. The number of halogens is 5. The summed E-state index contributed by atoms with van der Waals surface area (Å²) in [7, 11) is 0. The van der Waals surface area contributed by atoms with E-state index in [-0.39, 0.29) is 38.0 Å². The Morgan fingerprint density at radius 3 is 2.55 bits per heavy atom. The molecule has 38 heavy (non-hydrogen) atoms. The lowest BCUT2D eigenvalue weighted by Crippen LogP contribution is -2.39. The van der Waals surface area contributed by atoms with Gasteiger partial charge in [0.2, 0.25) is 5.91 Å². The van der Waals surface area contributed by atoms with Crippen LogP contribution in [0.1, 0.15) is 40.4 Å². The van der Waals surface area contributed by atoms with Crippen LogP contribution >= 0.6 is 27.5 Å². The van der Waals surface area contributed by atoms with E-state index < -0.39 is 48.5 Å². The zero-order chi connectivity index (χ0) is 28.0. The van der Waals surface area contributed by atoms with Crippen molar-refractivity contribution in [2.45, 2.75) is 25.1 Å². The van der Waals surface area contributed by atoms with Crippen molar-refractivity contribution in [2.24, 2.45) is 4.99 Å². The maximum absolute atomic E-state index is 13.5. The number of nitrogens with one attached hydrogen (secondary N) is 4. The minimum Gasteiger partial charge on any atom is -0.506 e. The number of carbonyl (C=O) groups excluding carboxylic acids is 2. The van der Waals surface area contributed by atoms with E-state index in [9.17, 15) is 37.8 Å². The number of hydrogen-bond donors (Lipinski definition) is 6. The van der Waals surface area contributed by atoms with Crippen molar-refractivity contribution in [3.05, 3.63) is 56.5 Å². The summed E-state index contributed by atoms with van der Waals surface area (Å²) in [5, 5.41) is 29.9. The Morgan fingerprint density at radius 1 is 1.18 bits per heavy atom. The lowest BCUT2D eigenvalue weighted by molar-refractivity contribution is -0.138. The lowest BCUT2D eigenvalue weighted by atomic mass is 10.0. The Kier molecular flexibility index (Phi) is 9.44. The number of guanidine groups is 1. The van der Waals surface area contributed by atoms with E-state index in [0.717, 1.165) is 12.5 Å². The number of carboxylic acids is 1. The molecule has 0 spiro atoms. The normalized spacial score (nSPS) is 14.1. The van der Waals surface area contributed by atoms with Crippen LogP contribution < -0.4 is 21.3 Å². The standard InChI is InChI=1S/C23H22BrClF3N5O5/c24-16-8-13(25)7-15(20(16)37)17(9-19(35)36)33-18(34)10-31-21(38)11-4-12(23(26,27)28)6-14(5-11)32-22-29-2-1-3-30-22/h4-8,17,37H,1-3,9-10H2,(H,31,38)(H,33,34)(H,35,36)(H2,29,30,32). The van der Waals surface area contributed by atoms with E-state index in [2.05, 4.69) is 42.2 Å². The SMILES string of the molecule is O=C(O)CC(NC(=O)CNC(=O)c1cc(NC2=NCCCN2)cc(C(F)(F)F)c1)c1cc(Cl)cc(Br)c1O. The van der Waals surface area contributed by atoms with Crippen LogP contribution in [-0.4, -0.2) is 53.6 Å². The fourth-order valence-electron chi connectivity index (χ4n) is 3.52. The predicted molar refractivity (Wildman–Crippen MR) is 136 cm³/mol. The Balaban J connectivity index is 1.74. The first-order valence-corrected chi connectivity index (χ1v) is 12.3. The third-order valence-electron chi connectivity index (χ3n) is 5.24. The van der Waals surface area contributed by atoms with Crippen LogP contribution in [0.25, 0.3) is 0 Å². The van der Waals surface area contributed by atoms with Crippen molar-refractivity contribution >= 4 is 57.0 Å². The zero-order valence-corrected chi connectivity index (χ0v) is 21.8. The molecule has 0 bridgehead atoms. The van der Waals surface area contributed by atoms with E-state index in [4.69, 9.17) is 11.6 Å². The first kappa shape index (κ1) is 29.0. The van der Waals surface area contributed by atoms with Crippen LogP contribution in [0.4, 0.5) is 18.9 Å². The van der Waals surface area contributed by atoms with Gasteiger partial charge < -0.3 is 31.5 Å². The third kappa shape index (κ3) is 7.99. The highest BCUT2D eigenvalue weighted by molar-refractivity contribution is 9.10. The Hall–Kier alpha value is -3.52. The monoisotopic (exact) mass is 619 g/mol. The van der Waals surface area contributed by atoms with Gasteiger partial charge in [-0.15, -0.1) is 0 Å². The number of phenolic OH excluding ortho intramolecular Hbond substituents is 1. The number of carboxylic acid groups (broad SMARTS) is 1. The lowest BCUT2D eigenvalue weighted by Gasteiger charge is -2.20. The van der Waals surface area contributed by atoms with Crippen molar-refractivity contribution in [3.8, 4) is 5.75 Å². The average Bonchev–Trinajstić information content (AvgIpc) is 2.84. The first-order valence-electron chi connectivity index (χ1n) is 11.1. The van der Waals surface area contributed by atoms with Gasteiger partial charge in [-0.25, -0.2) is 0 Å². The van der Waals surface area contributed by atoms with E-state index in [0.29, 0.717) is 19.2 Å². The van der Waals surface area contributed by atoms with Crippen molar-refractivity contribution in [2.75, 3.05) is 25.0 Å². The number of alkyl halides is 3. The molecule has 1 unspecified atom stereocenters. The van der Waals surface area contributed by atoms with Gasteiger partial charge in [-0.3, -0.25) is 19.4 Å². The summed E-state index contributed by atoms with van der Waals surface area (Å²) in [5.41, 5.74) is -1.48. The molecular weight excluding hydrogens is 599 g/mol. The van der Waals surface area contributed by atoms with Gasteiger partial charge in [0.15, 0.2) is 5.96 Å².